The van der Waals surface area contributed by atoms with E-state index in [2.05, 4.69) is 10.3 Å². The maximum atomic E-state index is 10.5. The summed E-state index contributed by atoms with van der Waals surface area (Å²) in [7, 11) is -3.67. The van der Waals surface area contributed by atoms with Gasteiger partial charge in [-0.25, -0.2) is 10.3 Å². The molecule has 0 aromatic heterocycles. The van der Waals surface area contributed by atoms with E-state index in [0.717, 1.165) is 10.8 Å². The van der Waals surface area contributed by atoms with Crippen LogP contribution in [-0.4, -0.2) is 38.0 Å². The zero-order valence-electron chi connectivity index (χ0n) is 6.60. The summed E-state index contributed by atoms with van der Waals surface area (Å²) in [6.45, 7) is 0. The molecule has 2 rings (SSSR count). The molecule has 0 saturated heterocycles. The third kappa shape index (κ3) is 4.85. The fourth-order valence-corrected chi connectivity index (χ4v) is 0.833. The van der Waals surface area contributed by atoms with Gasteiger partial charge in [0.05, 0.1) is 0 Å². The molecule has 0 fully saturated rings. The fourth-order valence-electron chi connectivity index (χ4n) is 0.833. The Balaban J connectivity index is 0.000000253. The van der Waals surface area contributed by atoms with Gasteiger partial charge < -0.3 is 0 Å². The molecule has 0 heterocycles. The van der Waals surface area contributed by atoms with Crippen LogP contribution in [0.4, 0.5) is 0 Å². The average molecular weight is 224 g/mol. The van der Waals surface area contributed by atoms with Gasteiger partial charge in [0.1, 0.15) is 0 Å². The molecule has 2 aromatic rings. The maximum absolute atomic E-state index is 10.5. The molecule has 0 spiro atoms. The Morgan fingerprint density at radius 1 is 1.00 bits per heavy atom. The third-order valence-corrected chi connectivity index (χ3v) is 1.35. The SMILES string of the molecule is NS(N)(=O)=O.O=c1c2ccccc12.[NaH]. The van der Waals surface area contributed by atoms with Gasteiger partial charge in [-0.05, 0) is 0 Å². The number of benzene rings is 1. The third-order valence-electron chi connectivity index (χ3n) is 1.35. The molecule has 0 aliphatic heterocycles. The summed E-state index contributed by atoms with van der Waals surface area (Å²) in [6, 6.07) is 7.45. The van der Waals surface area contributed by atoms with E-state index in [4.69, 9.17) is 0 Å². The summed E-state index contributed by atoms with van der Waals surface area (Å²) in [5.74, 6) is 0. The molecule has 0 aliphatic rings. The first-order valence-electron chi connectivity index (χ1n) is 3.34. The summed E-state index contributed by atoms with van der Waals surface area (Å²) in [5, 5.41) is 10.0. The van der Waals surface area contributed by atoms with Gasteiger partial charge in [-0.15, -0.1) is 0 Å². The van der Waals surface area contributed by atoms with Crippen molar-refractivity contribution in [3.05, 3.63) is 34.5 Å². The van der Waals surface area contributed by atoms with E-state index in [1.807, 2.05) is 24.3 Å². The molecule has 0 radical (unpaired) electrons. The van der Waals surface area contributed by atoms with Crippen LogP contribution < -0.4 is 15.7 Å². The summed E-state index contributed by atoms with van der Waals surface area (Å²) in [4.78, 5) is 10.5. The first-order chi connectivity index (χ1) is 5.89. The monoisotopic (exact) mass is 224 g/mol. The molecule has 0 unspecified atom stereocenters. The van der Waals surface area contributed by atoms with Gasteiger partial charge in [-0.1, -0.05) is 24.3 Å². The van der Waals surface area contributed by atoms with Gasteiger partial charge in [0.2, 0.25) is 0 Å². The zero-order chi connectivity index (χ0) is 10.1. The van der Waals surface area contributed by atoms with Crippen molar-refractivity contribution in [1.82, 2.24) is 0 Å². The standard InChI is InChI=1S/C7H4O.H4N2O2S.Na.H/c8-7-5-3-1-2-4-6(5)7;1-5(2,3)4;;/h1-4H;(H4,1,2,3,4);;. The fraction of sp³-hybridized carbons (Fsp3) is 0. The quantitative estimate of drug-likeness (QED) is 0.536. The van der Waals surface area contributed by atoms with Gasteiger partial charge in [0, 0.05) is 10.8 Å². The van der Waals surface area contributed by atoms with E-state index in [0.29, 0.717) is 0 Å². The van der Waals surface area contributed by atoms with E-state index in [9.17, 15) is 13.2 Å². The van der Waals surface area contributed by atoms with Crippen LogP contribution in [0.2, 0.25) is 0 Å². The summed E-state index contributed by atoms with van der Waals surface area (Å²) >= 11 is 0. The van der Waals surface area contributed by atoms with Gasteiger partial charge >= 0.3 is 29.6 Å². The van der Waals surface area contributed by atoms with E-state index in [-0.39, 0.29) is 35.0 Å². The minimum absolute atomic E-state index is 0. The molecule has 0 bridgehead atoms. The van der Waals surface area contributed by atoms with Crippen LogP contribution in [0.1, 0.15) is 0 Å². The molecule has 0 amide bonds. The van der Waals surface area contributed by atoms with Gasteiger partial charge in [0.25, 0.3) is 10.2 Å². The first kappa shape index (κ1) is 13.8. The van der Waals surface area contributed by atoms with Gasteiger partial charge in [0.15, 0.2) is 5.43 Å². The number of hydrogen-bond donors (Lipinski definition) is 2. The van der Waals surface area contributed by atoms with Crippen molar-refractivity contribution in [2.24, 2.45) is 10.3 Å². The Bertz CT molecular complexity index is 489. The molecule has 0 saturated carbocycles. The molecule has 0 atom stereocenters. The molecular formula is C7H9N2NaO3S. The second-order valence-corrected chi connectivity index (χ2v) is 3.64. The van der Waals surface area contributed by atoms with Crippen molar-refractivity contribution in [3.63, 3.8) is 0 Å². The number of rotatable bonds is 0. The van der Waals surface area contributed by atoms with Crippen LogP contribution >= 0.6 is 0 Å². The van der Waals surface area contributed by atoms with Crippen LogP contribution in [0.5, 0.6) is 0 Å². The zero-order valence-corrected chi connectivity index (χ0v) is 7.41. The minimum atomic E-state index is -3.67. The van der Waals surface area contributed by atoms with Crippen LogP contribution in [0.3, 0.4) is 0 Å². The van der Waals surface area contributed by atoms with Crippen molar-refractivity contribution >= 4 is 50.5 Å². The number of nitrogens with two attached hydrogens (primary N) is 2. The van der Waals surface area contributed by atoms with Crippen molar-refractivity contribution in [1.29, 1.82) is 0 Å². The summed E-state index contributed by atoms with van der Waals surface area (Å²) in [6.07, 6.45) is 0. The topological polar surface area (TPSA) is 103 Å². The van der Waals surface area contributed by atoms with E-state index >= 15 is 0 Å². The van der Waals surface area contributed by atoms with Crippen LogP contribution in [-0.2, 0) is 10.2 Å². The predicted octanol–water partition coefficient (Wildman–Crippen LogP) is -1.42. The molecule has 72 valence electrons. The second-order valence-electron chi connectivity index (χ2n) is 2.46. The molecule has 5 nitrogen and oxygen atoms in total. The normalized spacial score (nSPS) is 10.4. The Morgan fingerprint density at radius 3 is 1.50 bits per heavy atom. The molecule has 2 aromatic carbocycles. The van der Waals surface area contributed by atoms with Crippen LogP contribution in [0.25, 0.3) is 10.8 Å². The molecule has 4 N–H and O–H groups in total. The molecule has 14 heavy (non-hydrogen) atoms. The summed E-state index contributed by atoms with van der Waals surface area (Å²) in [5.41, 5.74) is 0.218. The predicted molar refractivity (Wildman–Crippen MR) is 57.0 cm³/mol. The Kier molecular flexibility index (Phi) is 4.93. The Morgan fingerprint density at radius 2 is 1.29 bits per heavy atom. The first-order valence-corrected chi connectivity index (χ1v) is 4.95. The van der Waals surface area contributed by atoms with Gasteiger partial charge in [-0.2, -0.15) is 8.42 Å². The summed E-state index contributed by atoms with van der Waals surface area (Å²) < 4.78 is 18.4. The molecule has 0 aliphatic carbocycles. The average Bonchev–Trinajstić information content (AvgIpc) is 2.61. The van der Waals surface area contributed by atoms with Crippen molar-refractivity contribution in [2.45, 2.75) is 0 Å². The van der Waals surface area contributed by atoms with Gasteiger partial charge in [-0.3, -0.25) is 4.79 Å². The van der Waals surface area contributed by atoms with Crippen molar-refractivity contribution < 1.29 is 8.42 Å². The van der Waals surface area contributed by atoms with E-state index < -0.39 is 10.2 Å². The van der Waals surface area contributed by atoms with E-state index in [1.54, 1.807) is 0 Å². The van der Waals surface area contributed by atoms with Crippen molar-refractivity contribution in [2.75, 3.05) is 0 Å². The molecule has 7 heteroatoms. The second kappa shape index (κ2) is 5.01. The molecular weight excluding hydrogens is 215 g/mol. The number of fused-ring (bicyclic) bond motifs is 1. The Labute approximate surface area is 103 Å². The number of hydrogen-bond acceptors (Lipinski definition) is 3. The Hall–Kier alpha value is -0.240. The van der Waals surface area contributed by atoms with Crippen LogP contribution in [0, 0.1) is 0 Å². The van der Waals surface area contributed by atoms with Crippen molar-refractivity contribution in [3.8, 4) is 0 Å². The van der Waals surface area contributed by atoms with E-state index in [1.165, 1.54) is 0 Å². The van der Waals surface area contributed by atoms with Crippen LogP contribution in [0.15, 0.2) is 29.1 Å².